The second-order valence-corrected chi connectivity index (χ2v) is 8.01. The van der Waals surface area contributed by atoms with Gasteiger partial charge in [0.15, 0.2) is 0 Å². The van der Waals surface area contributed by atoms with Gasteiger partial charge in [-0.2, -0.15) is 0 Å². The Morgan fingerprint density at radius 2 is 1.61 bits per heavy atom. The zero-order chi connectivity index (χ0) is 13.6. The Morgan fingerprint density at radius 1 is 0.944 bits per heavy atom. The van der Waals surface area contributed by atoms with Crippen molar-refractivity contribution in [1.82, 2.24) is 15.1 Å². The highest BCUT2D eigenvalue weighted by Gasteiger charge is 2.41. The van der Waals surface area contributed by atoms with Crippen molar-refractivity contribution in [2.45, 2.75) is 71.1 Å². The lowest BCUT2D eigenvalue weighted by molar-refractivity contribution is 0.0326. The lowest BCUT2D eigenvalue weighted by Crippen LogP contribution is -2.61. The lowest BCUT2D eigenvalue weighted by atomic mass is 9.98. The van der Waals surface area contributed by atoms with E-state index in [2.05, 4.69) is 56.7 Å². The number of hydrogen-bond acceptors (Lipinski definition) is 3. The predicted octanol–water partition coefficient (Wildman–Crippen LogP) is 1.93. The summed E-state index contributed by atoms with van der Waals surface area (Å²) >= 11 is 0. The van der Waals surface area contributed by atoms with Crippen LogP contribution < -0.4 is 5.32 Å². The maximum Gasteiger partial charge on any atom is 0.0378 e. The van der Waals surface area contributed by atoms with Crippen molar-refractivity contribution in [2.24, 2.45) is 0 Å². The lowest BCUT2D eigenvalue weighted by Gasteiger charge is -2.46. The highest BCUT2D eigenvalue weighted by Crippen LogP contribution is 2.27. The minimum absolute atomic E-state index is 0.227. The minimum Gasteiger partial charge on any atom is -0.308 e. The van der Waals surface area contributed by atoms with Gasteiger partial charge >= 0.3 is 0 Å². The summed E-state index contributed by atoms with van der Waals surface area (Å²) in [5.41, 5.74) is 0.533. The van der Waals surface area contributed by atoms with Gasteiger partial charge in [-0.15, -0.1) is 0 Å². The van der Waals surface area contributed by atoms with Gasteiger partial charge in [-0.25, -0.2) is 0 Å². The van der Waals surface area contributed by atoms with Crippen molar-refractivity contribution in [1.29, 1.82) is 0 Å². The van der Waals surface area contributed by atoms with Crippen molar-refractivity contribution >= 4 is 0 Å². The molecule has 2 heterocycles. The molecule has 0 radical (unpaired) electrons. The third-order valence-corrected chi connectivity index (χ3v) is 4.29. The largest absolute Gasteiger partial charge is 0.308 e. The monoisotopic (exact) mass is 253 g/mol. The van der Waals surface area contributed by atoms with E-state index in [1.807, 2.05) is 0 Å². The summed E-state index contributed by atoms with van der Waals surface area (Å²) in [6, 6.07) is 1.37. The molecule has 0 aromatic heterocycles. The van der Waals surface area contributed by atoms with E-state index in [4.69, 9.17) is 0 Å². The molecule has 106 valence electrons. The normalized spacial score (nSPS) is 31.7. The Bertz CT molecular complexity index is 287. The average molecular weight is 253 g/mol. The smallest absolute Gasteiger partial charge is 0.0378 e. The first-order valence-corrected chi connectivity index (χ1v) is 7.44. The van der Waals surface area contributed by atoms with Crippen LogP contribution in [-0.2, 0) is 0 Å². The summed E-state index contributed by atoms with van der Waals surface area (Å²) in [6.07, 6.45) is 1.31. The maximum absolute atomic E-state index is 3.82. The van der Waals surface area contributed by atoms with Crippen LogP contribution in [0, 0.1) is 0 Å². The van der Waals surface area contributed by atoms with E-state index in [0.717, 1.165) is 0 Å². The van der Waals surface area contributed by atoms with Crippen LogP contribution in [-0.4, -0.2) is 59.1 Å². The first kappa shape index (κ1) is 14.3. The summed E-state index contributed by atoms with van der Waals surface area (Å²) in [6.45, 7) is 18.8. The molecule has 0 bridgehead atoms. The van der Waals surface area contributed by atoms with Crippen molar-refractivity contribution < 1.29 is 0 Å². The first-order chi connectivity index (χ1) is 8.17. The molecule has 0 aromatic carbocycles. The quantitative estimate of drug-likeness (QED) is 0.770. The molecular formula is C15H31N3. The molecule has 18 heavy (non-hydrogen) atoms. The van der Waals surface area contributed by atoms with Gasteiger partial charge in [0.25, 0.3) is 0 Å². The molecule has 0 saturated carbocycles. The molecule has 0 spiro atoms. The maximum atomic E-state index is 3.82. The first-order valence-electron chi connectivity index (χ1n) is 7.44. The van der Waals surface area contributed by atoms with Crippen molar-refractivity contribution in [3.8, 4) is 0 Å². The van der Waals surface area contributed by atoms with Gasteiger partial charge in [0.2, 0.25) is 0 Å². The van der Waals surface area contributed by atoms with Crippen LogP contribution in [0.1, 0.15) is 48.0 Å². The Balaban J connectivity index is 2.01. The van der Waals surface area contributed by atoms with E-state index >= 15 is 0 Å². The third-order valence-electron chi connectivity index (χ3n) is 4.29. The Kier molecular flexibility index (Phi) is 3.79. The van der Waals surface area contributed by atoms with Gasteiger partial charge in [0.1, 0.15) is 0 Å². The van der Waals surface area contributed by atoms with Crippen LogP contribution in [0.4, 0.5) is 0 Å². The van der Waals surface area contributed by atoms with Gasteiger partial charge in [-0.3, -0.25) is 9.80 Å². The molecule has 2 aliphatic rings. The minimum atomic E-state index is 0.227. The number of rotatable bonds is 1. The second-order valence-electron chi connectivity index (χ2n) is 8.01. The highest BCUT2D eigenvalue weighted by molar-refractivity contribution is 5.00. The number of hydrogen-bond donors (Lipinski definition) is 1. The Morgan fingerprint density at radius 3 is 2.17 bits per heavy atom. The van der Waals surface area contributed by atoms with Crippen molar-refractivity contribution in [2.75, 3.05) is 26.2 Å². The molecule has 2 aliphatic heterocycles. The van der Waals surface area contributed by atoms with Gasteiger partial charge in [-0.1, -0.05) is 0 Å². The number of piperazine rings is 1. The summed E-state index contributed by atoms with van der Waals surface area (Å²) in [7, 11) is 0. The zero-order valence-corrected chi connectivity index (χ0v) is 13.1. The Hall–Kier alpha value is -0.120. The van der Waals surface area contributed by atoms with Gasteiger partial charge in [0, 0.05) is 49.3 Å². The van der Waals surface area contributed by atoms with E-state index < -0.39 is 0 Å². The number of fused-ring (bicyclic) bond motifs is 1. The molecule has 0 aromatic rings. The van der Waals surface area contributed by atoms with E-state index in [1.165, 1.54) is 32.6 Å². The number of nitrogens with zero attached hydrogens (tertiary/aromatic N) is 2. The van der Waals surface area contributed by atoms with Crippen LogP contribution in [0.15, 0.2) is 0 Å². The molecule has 2 fully saturated rings. The van der Waals surface area contributed by atoms with Crippen LogP contribution >= 0.6 is 0 Å². The summed E-state index contributed by atoms with van der Waals surface area (Å²) in [5, 5.41) is 3.82. The molecule has 2 rings (SSSR count). The van der Waals surface area contributed by atoms with Gasteiger partial charge in [0.05, 0.1) is 0 Å². The van der Waals surface area contributed by atoms with Crippen molar-refractivity contribution in [3.63, 3.8) is 0 Å². The molecule has 2 atom stereocenters. The van der Waals surface area contributed by atoms with E-state index in [9.17, 15) is 0 Å². The molecule has 3 nitrogen and oxygen atoms in total. The molecule has 2 unspecified atom stereocenters. The summed E-state index contributed by atoms with van der Waals surface area (Å²) < 4.78 is 0. The van der Waals surface area contributed by atoms with Gasteiger partial charge in [-0.05, 0) is 48.0 Å². The molecule has 2 saturated heterocycles. The Labute approximate surface area is 113 Å². The molecule has 3 heteroatoms. The van der Waals surface area contributed by atoms with Gasteiger partial charge < -0.3 is 5.32 Å². The number of nitrogens with one attached hydrogen (secondary N) is 1. The topological polar surface area (TPSA) is 18.5 Å². The van der Waals surface area contributed by atoms with E-state index in [1.54, 1.807) is 0 Å². The molecule has 1 N–H and O–H groups in total. The van der Waals surface area contributed by atoms with Crippen LogP contribution in [0.3, 0.4) is 0 Å². The predicted molar refractivity (Wildman–Crippen MR) is 78.0 cm³/mol. The zero-order valence-electron chi connectivity index (χ0n) is 13.1. The van der Waals surface area contributed by atoms with Crippen LogP contribution in [0.5, 0.6) is 0 Å². The molecule has 0 aliphatic carbocycles. The summed E-state index contributed by atoms with van der Waals surface area (Å²) in [4.78, 5) is 5.34. The van der Waals surface area contributed by atoms with Crippen LogP contribution in [0.25, 0.3) is 0 Å². The summed E-state index contributed by atoms with van der Waals surface area (Å²) in [5.74, 6) is 0. The SMILES string of the molecule is CC(C)(C)NC1CCN2CCN(C(C)(C)C)CC12. The average Bonchev–Trinajstić information content (AvgIpc) is 2.57. The fraction of sp³-hybridized carbons (Fsp3) is 1.00. The molecule has 0 amide bonds. The standard InChI is InChI=1S/C15H31N3/c1-14(2,3)16-12-7-8-17-9-10-18(11-13(12)17)15(4,5)6/h12-13,16H,7-11H2,1-6H3. The second kappa shape index (κ2) is 4.77. The molecular weight excluding hydrogens is 222 g/mol. The fourth-order valence-corrected chi connectivity index (χ4v) is 3.34. The van der Waals surface area contributed by atoms with Crippen LogP contribution in [0.2, 0.25) is 0 Å². The van der Waals surface area contributed by atoms with E-state index in [-0.39, 0.29) is 5.54 Å². The fourth-order valence-electron chi connectivity index (χ4n) is 3.34. The van der Waals surface area contributed by atoms with Crippen molar-refractivity contribution in [3.05, 3.63) is 0 Å². The highest BCUT2D eigenvalue weighted by atomic mass is 15.3. The third kappa shape index (κ3) is 3.25. The van der Waals surface area contributed by atoms with E-state index in [0.29, 0.717) is 17.6 Å².